The normalized spacial score (nSPS) is 25.4. The number of benzene rings is 1. The molecule has 2 bridgehead atoms. The molecular formula is C15H16F3NO. The second-order valence-electron chi connectivity index (χ2n) is 5.41. The van der Waals surface area contributed by atoms with Crippen LogP contribution in [0, 0.1) is 0 Å². The third kappa shape index (κ3) is 3.15. The third-order valence-electron chi connectivity index (χ3n) is 3.84. The van der Waals surface area contributed by atoms with Crippen molar-refractivity contribution in [3.8, 4) is 5.75 Å². The van der Waals surface area contributed by atoms with Crippen LogP contribution in [0.5, 0.6) is 5.75 Å². The molecule has 0 saturated carbocycles. The Morgan fingerprint density at radius 2 is 2.00 bits per heavy atom. The fourth-order valence-corrected chi connectivity index (χ4v) is 3.06. The van der Waals surface area contributed by atoms with Crippen LogP contribution in [-0.2, 0) is 6.42 Å². The fourth-order valence-electron chi connectivity index (χ4n) is 3.06. The van der Waals surface area contributed by atoms with Crippen LogP contribution in [-0.4, -0.2) is 18.4 Å². The lowest BCUT2D eigenvalue weighted by atomic mass is 9.96. The molecule has 2 unspecified atom stereocenters. The highest BCUT2D eigenvalue weighted by Gasteiger charge is 2.32. The van der Waals surface area contributed by atoms with Gasteiger partial charge in [-0.2, -0.15) is 0 Å². The van der Waals surface area contributed by atoms with E-state index in [1.807, 2.05) is 0 Å². The Morgan fingerprint density at radius 1 is 1.20 bits per heavy atom. The van der Waals surface area contributed by atoms with Gasteiger partial charge in [-0.1, -0.05) is 29.8 Å². The second-order valence-corrected chi connectivity index (χ2v) is 5.41. The van der Waals surface area contributed by atoms with Gasteiger partial charge in [-0.25, -0.2) is 0 Å². The molecule has 5 heteroatoms. The van der Waals surface area contributed by atoms with Crippen molar-refractivity contribution >= 4 is 0 Å². The van der Waals surface area contributed by atoms with Crippen molar-refractivity contribution < 1.29 is 17.9 Å². The van der Waals surface area contributed by atoms with E-state index >= 15 is 0 Å². The fraction of sp³-hybridized carbons (Fsp3) is 0.467. The van der Waals surface area contributed by atoms with Crippen molar-refractivity contribution in [2.75, 3.05) is 0 Å². The molecule has 0 radical (unpaired) electrons. The first-order chi connectivity index (χ1) is 9.49. The first-order valence-electron chi connectivity index (χ1n) is 6.79. The molecule has 20 heavy (non-hydrogen) atoms. The van der Waals surface area contributed by atoms with Crippen LogP contribution in [0.4, 0.5) is 13.2 Å². The topological polar surface area (TPSA) is 21.3 Å². The molecular weight excluding hydrogens is 267 g/mol. The highest BCUT2D eigenvalue weighted by atomic mass is 19.4. The maximum absolute atomic E-state index is 12.4. The molecule has 1 fully saturated rings. The largest absolute Gasteiger partial charge is 0.573 e. The number of fused-ring (bicyclic) bond motifs is 2. The van der Waals surface area contributed by atoms with E-state index in [1.165, 1.54) is 11.6 Å². The van der Waals surface area contributed by atoms with Crippen LogP contribution in [0.15, 0.2) is 35.9 Å². The van der Waals surface area contributed by atoms with Crippen LogP contribution in [0.1, 0.15) is 24.8 Å². The maximum atomic E-state index is 12.4. The first kappa shape index (κ1) is 13.5. The van der Waals surface area contributed by atoms with Crippen LogP contribution in [0.2, 0.25) is 0 Å². The molecule has 1 aromatic rings. The van der Waals surface area contributed by atoms with Gasteiger partial charge in [-0.3, -0.25) is 0 Å². The molecule has 2 aliphatic heterocycles. The van der Waals surface area contributed by atoms with Crippen molar-refractivity contribution in [3.63, 3.8) is 0 Å². The standard InChI is InChI=1S/C15H16F3NO/c16-15(17,18)20-14-4-2-1-3-11(14)7-10-8-12-5-6-13(9-10)19-12/h1-4,8,12-13,19H,5-7,9H2. The van der Waals surface area contributed by atoms with Gasteiger partial charge in [0.1, 0.15) is 5.75 Å². The summed E-state index contributed by atoms with van der Waals surface area (Å²) in [5.74, 6) is -0.0909. The summed E-state index contributed by atoms with van der Waals surface area (Å²) in [6.07, 6.45) is 1.23. The van der Waals surface area contributed by atoms with E-state index in [4.69, 9.17) is 0 Å². The first-order valence-corrected chi connectivity index (χ1v) is 6.79. The van der Waals surface area contributed by atoms with Crippen LogP contribution in [0.25, 0.3) is 0 Å². The van der Waals surface area contributed by atoms with Crippen molar-refractivity contribution in [1.29, 1.82) is 0 Å². The molecule has 2 aliphatic rings. The molecule has 0 amide bonds. The number of hydrogen-bond acceptors (Lipinski definition) is 2. The van der Waals surface area contributed by atoms with Gasteiger partial charge in [0.05, 0.1) is 0 Å². The zero-order chi connectivity index (χ0) is 14.2. The highest BCUT2D eigenvalue weighted by Crippen LogP contribution is 2.32. The number of alkyl halides is 3. The van der Waals surface area contributed by atoms with Crippen molar-refractivity contribution in [3.05, 3.63) is 41.5 Å². The highest BCUT2D eigenvalue weighted by molar-refractivity contribution is 5.37. The van der Waals surface area contributed by atoms with Gasteiger partial charge >= 0.3 is 6.36 Å². The molecule has 1 aromatic carbocycles. The Kier molecular flexibility index (Phi) is 3.46. The van der Waals surface area contributed by atoms with Crippen molar-refractivity contribution in [1.82, 2.24) is 5.32 Å². The van der Waals surface area contributed by atoms with E-state index in [9.17, 15) is 13.2 Å². The van der Waals surface area contributed by atoms with Gasteiger partial charge < -0.3 is 10.1 Å². The third-order valence-corrected chi connectivity index (χ3v) is 3.84. The van der Waals surface area contributed by atoms with Gasteiger partial charge in [0.2, 0.25) is 0 Å². The summed E-state index contributed by atoms with van der Waals surface area (Å²) in [5, 5.41) is 3.47. The summed E-state index contributed by atoms with van der Waals surface area (Å²) in [5.41, 5.74) is 1.80. The van der Waals surface area contributed by atoms with E-state index in [-0.39, 0.29) is 5.75 Å². The molecule has 2 atom stereocenters. The average Bonchev–Trinajstić information content (AvgIpc) is 2.70. The SMILES string of the molecule is FC(F)(F)Oc1ccccc1CC1=CC2CCC(C1)N2. The Morgan fingerprint density at radius 3 is 2.75 bits per heavy atom. The molecule has 108 valence electrons. The number of para-hydroxylation sites is 1. The summed E-state index contributed by atoms with van der Waals surface area (Å²) in [4.78, 5) is 0. The quantitative estimate of drug-likeness (QED) is 0.856. The minimum atomic E-state index is -4.64. The van der Waals surface area contributed by atoms with E-state index < -0.39 is 6.36 Å². The Hall–Kier alpha value is -1.49. The predicted octanol–water partition coefficient (Wildman–Crippen LogP) is 3.58. The molecule has 0 aliphatic carbocycles. The average molecular weight is 283 g/mol. The Bertz CT molecular complexity index is 524. The lowest BCUT2D eigenvalue weighted by Gasteiger charge is -2.22. The van der Waals surface area contributed by atoms with Crippen molar-refractivity contribution in [2.45, 2.75) is 44.1 Å². The summed E-state index contributed by atoms with van der Waals surface area (Å²) in [6.45, 7) is 0. The summed E-state index contributed by atoms with van der Waals surface area (Å²) >= 11 is 0. The van der Waals surface area contributed by atoms with Gasteiger partial charge in [0.25, 0.3) is 0 Å². The minimum Gasteiger partial charge on any atom is -0.405 e. The van der Waals surface area contributed by atoms with Gasteiger partial charge in [-0.05, 0) is 37.3 Å². The molecule has 0 aromatic heterocycles. The van der Waals surface area contributed by atoms with Crippen LogP contribution >= 0.6 is 0 Å². The Labute approximate surface area is 115 Å². The van der Waals surface area contributed by atoms with Gasteiger partial charge in [-0.15, -0.1) is 13.2 Å². The number of nitrogens with one attached hydrogen (secondary N) is 1. The maximum Gasteiger partial charge on any atom is 0.573 e. The zero-order valence-corrected chi connectivity index (χ0v) is 10.9. The second kappa shape index (κ2) is 5.13. The van der Waals surface area contributed by atoms with E-state index in [2.05, 4.69) is 16.1 Å². The van der Waals surface area contributed by atoms with E-state index in [0.29, 0.717) is 24.1 Å². The van der Waals surface area contributed by atoms with Crippen molar-refractivity contribution in [2.24, 2.45) is 0 Å². The predicted molar refractivity (Wildman–Crippen MR) is 69.5 cm³/mol. The molecule has 1 saturated heterocycles. The lowest BCUT2D eigenvalue weighted by Crippen LogP contribution is -2.32. The smallest absolute Gasteiger partial charge is 0.405 e. The summed E-state index contributed by atoms with van der Waals surface area (Å²) in [6, 6.07) is 7.25. The zero-order valence-electron chi connectivity index (χ0n) is 10.9. The molecule has 2 heterocycles. The molecule has 0 spiro atoms. The summed E-state index contributed by atoms with van der Waals surface area (Å²) in [7, 11) is 0. The number of ether oxygens (including phenoxy) is 1. The molecule has 1 N–H and O–H groups in total. The van der Waals surface area contributed by atoms with Crippen LogP contribution < -0.4 is 10.1 Å². The lowest BCUT2D eigenvalue weighted by molar-refractivity contribution is -0.274. The molecule has 3 rings (SSSR count). The molecule has 2 nitrogen and oxygen atoms in total. The van der Waals surface area contributed by atoms with Gasteiger partial charge in [0.15, 0.2) is 0 Å². The van der Waals surface area contributed by atoms with Crippen LogP contribution in [0.3, 0.4) is 0 Å². The Balaban J connectivity index is 1.77. The number of hydrogen-bond donors (Lipinski definition) is 1. The number of halogens is 3. The number of rotatable bonds is 3. The minimum absolute atomic E-state index is 0.0909. The van der Waals surface area contributed by atoms with Gasteiger partial charge in [0, 0.05) is 12.1 Å². The monoisotopic (exact) mass is 283 g/mol. The van der Waals surface area contributed by atoms with E-state index in [0.717, 1.165) is 19.3 Å². The van der Waals surface area contributed by atoms with E-state index in [1.54, 1.807) is 18.2 Å². The summed E-state index contributed by atoms with van der Waals surface area (Å²) < 4.78 is 41.3.